The third kappa shape index (κ3) is 4.66. The summed E-state index contributed by atoms with van der Waals surface area (Å²) in [5.41, 5.74) is 9.66. The number of hydrogen-bond donors (Lipinski definition) is 1. The molecule has 39 heavy (non-hydrogen) atoms. The number of fused-ring (bicyclic) bond motifs is 1. The van der Waals surface area contributed by atoms with Gasteiger partial charge >= 0.3 is 0 Å². The minimum Gasteiger partial charge on any atom is -0.457 e. The van der Waals surface area contributed by atoms with Crippen molar-refractivity contribution in [1.29, 1.82) is 0 Å². The van der Waals surface area contributed by atoms with Crippen molar-refractivity contribution >= 4 is 16.9 Å². The zero-order chi connectivity index (χ0) is 26.4. The Balaban J connectivity index is 1.07. The molecule has 2 saturated heterocycles. The molecule has 7 rings (SSSR count). The number of ether oxygens (including phenoxy) is 1. The van der Waals surface area contributed by atoms with Gasteiger partial charge < -0.3 is 20.3 Å². The number of hydrogen-bond acceptors (Lipinski definition) is 7. The molecule has 0 unspecified atom stereocenters. The summed E-state index contributed by atoms with van der Waals surface area (Å²) in [5.74, 6) is 2.07. The van der Waals surface area contributed by atoms with Gasteiger partial charge in [0.25, 0.3) is 0 Å². The van der Waals surface area contributed by atoms with Crippen LogP contribution in [-0.4, -0.2) is 68.8 Å². The van der Waals surface area contributed by atoms with E-state index in [1.165, 1.54) is 38.8 Å². The molecule has 0 atom stereocenters. The van der Waals surface area contributed by atoms with Crippen molar-refractivity contribution in [3.05, 3.63) is 60.9 Å². The van der Waals surface area contributed by atoms with E-state index in [4.69, 9.17) is 15.6 Å². The SMILES string of the molecule is CN1CCC2(CC1)CC(N1CCC(n3nc(-c4ccc(Oc5ccccc5)cc4)c4c(N)ncnc43)CC1)C2. The van der Waals surface area contributed by atoms with Crippen molar-refractivity contribution in [2.45, 2.75) is 50.6 Å². The van der Waals surface area contributed by atoms with Gasteiger partial charge in [-0.3, -0.25) is 0 Å². The van der Waals surface area contributed by atoms with E-state index in [-0.39, 0.29) is 0 Å². The van der Waals surface area contributed by atoms with E-state index in [0.717, 1.165) is 65.8 Å². The van der Waals surface area contributed by atoms with Crippen LogP contribution in [0.3, 0.4) is 0 Å². The largest absolute Gasteiger partial charge is 0.457 e. The second-order valence-corrected chi connectivity index (χ2v) is 11.8. The van der Waals surface area contributed by atoms with E-state index in [2.05, 4.69) is 31.5 Å². The molecule has 2 N–H and O–H groups in total. The predicted octanol–water partition coefficient (Wildman–Crippen LogP) is 5.38. The highest BCUT2D eigenvalue weighted by Gasteiger charge is 2.47. The Hall–Kier alpha value is -3.49. The number of rotatable bonds is 5. The van der Waals surface area contributed by atoms with Gasteiger partial charge in [0.05, 0.1) is 11.4 Å². The first-order valence-electron chi connectivity index (χ1n) is 14.3. The summed E-state index contributed by atoms with van der Waals surface area (Å²) in [5, 5.41) is 5.94. The molecule has 4 heterocycles. The summed E-state index contributed by atoms with van der Waals surface area (Å²) in [7, 11) is 2.26. The van der Waals surface area contributed by atoms with Crippen molar-refractivity contribution in [3.63, 3.8) is 0 Å². The van der Waals surface area contributed by atoms with Gasteiger partial charge in [-0.15, -0.1) is 0 Å². The maximum absolute atomic E-state index is 6.39. The molecule has 0 amide bonds. The second-order valence-electron chi connectivity index (χ2n) is 11.8. The monoisotopic (exact) mass is 523 g/mol. The molecule has 0 bridgehead atoms. The van der Waals surface area contributed by atoms with Gasteiger partial charge in [-0.05, 0) is 100 Å². The van der Waals surface area contributed by atoms with Crippen LogP contribution in [0.15, 0.2) is 60.9 Å². The average molecular weight is 524 g/mol. The molecule has 1 saturated carbocycles. The Bertz CT molecular complexity index is 1430. The molecular weight excluding hydrogens is 486 g/mol. The molecule has 8 nitrogen and oxygen atoms in total. The van der Waals surface area contributed by atoms with Crippen LogP contribution in [0.4, 0.5) is 5.82 Å². The zero-order valence-electron chi connectivity index (χ0n) is 22.7. The average Bonchev–Trinajstić information content (AvgIpc) is 3.35. The summed E-state index contributed by atoms with van der Waals surface area (Å²) in [4.78, 5) is 14.2. The lowest BCUT2D eigenvalue weighted by molar-refractivity contribution is -0.0479. The Morgan fingerprint density at radius 1 is 0.846 bits per heavy atom. The van der Waals surface area contributed by atoms with Crippen LogP contribution >= 0.6 is 0 Å². The van der Waals surface area contributed by atoms with Crippen LogP contribution in [0.1, 0.15) is 44.6 Å². The van der Waals surface area contributed by atoms with Crippen LogP contribution in [0.25, 0.3) is 22.3 Å². The Labute approximate surface area is 229 Å². The fourth-order valence-electron chi connectivity index (χ4n) is 6.95. The van der Waals surface area contributed by atoms with Crippen molar-refractivity contribution < 1.29 is 4.74 Å². The number of likely N-dealkylation sites (tertiary alicyclic amines) is 2. The smallest absolute Gasteiger partial charge is 0.164 e. The van der Waals surface area contributed by atoms with E-state index in [9.17, 15) is 0 Å². The maximum Gasteiger partial charge on any atom is 0.164 e. The molecule has 1 aliphatic carbocycles. The Morgan fingerprint density at radius 2 is 1.54 bits per heavy atom. The summed E-state index contributed by atoms with van der Waals surface area (Å²) < 4.78 is 8.10. The predicted molar refractivity (Wildman–Crippen MR) is 154 cm³/mol. The number of nitrogens with zero attached hydrogens (tertiary/aromatic N) is 6. The minimum absolute atomic E-state index is 0.310. The lowest BCUT2D eigenvalue weighted by Crippen LogP contribution is -2.56. The number of aromatic nitrogens is 4. The standard InChI is InChI=1S/C31H37N7O/c1-36-17-13-31(14-18-36)19-24(20-31)37-15-11-23(12-16-37)38-30-27(29(32)33-21-34-30)28(35-38)22-7-9-26(10-8-22)39-25-5-3-2-4-6-25/h2-10,21,23-24H,11-20H2,1H3,(H2,32,33,34). The van der Waals surface area contributed by atoms with Crippen LogP contribution in [0.5, 0.6) is 11.5 Å². The number of benzene rings is 2. The summed E-state index contributed by atoms with van der Waals surface area (Å²) in [6, 6.07) is 18.9. The Morgan fingerprint density at radius 3 is 2.26 bits per heavy atom. The van der Waals surface area contributed by atoms with Gasteiger partial charge in [0, 0.05) is 24.7 Å². The van der Waals surface area contributed by atoms with Crippen LogP contribution < -0.4 is 10.5 Å². The first kappa shape index (κ1) is 24.5. The topological polar surface area (TPSA) is 85.3 Å². The van der Waals surface area contributed by atoms with Crippen molar-refractivity contribution in [1.82, 2.24) is 29.5 Å². The molecule has 3 fully saturated rings. The maximum atomic E-state index is 6.39. The van der Waals surface area contributed by atoms with Gasteiger partial charge in [0.2, 0.25) is 0 Å². The van der Waals surface area contributed by atoms with Gasteiger partial charge in [0.1, 0.15) is 29.3 Å². The molecule has 2 aromatic heterocycles. The van der Waals surface area contributed by atoms with E-state index in [0.29, 0.717) is 17.3 Å². The molecular formula is C31H37N7O. The quantitative estimate of drug-likeness (QED) is 0.376. The highest BCUT2D eigenvalue weighted by molar-refractivity contribution is 5.98. The normalized spacial score (nSPS) is 20.8. The molecule has 0 radical (unpaired) electrons. The van der Waals surface area contributed by atoms with E-state index < -0.39 is 0 Å². The molecule has 2 aliphatic heterocycles. The zero-order valence-corrected chi connectivity index (χ0v) is 22.7. The molecule has 8 heteroatoms. The molecule has 202 valence electrons. The first-order chi connectivity index (χ1) is 19.1. The van der Waals surface area contributed by atoms with Gasteiger partial charge in [-0.25, -0.2) is 14.6 Å². The van der Waals surface area contributed by atoms with E-state index in [1.807, 2.05) is 54.6 Å². The van der Waals surface area contributed by atoms with Crippen LogP contribution in [-0.2, 0) is 0 Å². The first-order valence-corrected chi connectivity index (χ1v) is 14.3. The molecule has 2 aromatic carbocycles. The summed E-state index contributed by atoms with van der Waals surface area (Å²) >= 11 is 0. The number of piperidine rings is 2. The fourth-order valence-corrected chi connectivity index (χ4v) is 6.95. The highest BCUT2D eigenvalue weighted by Crippen LogP contribution is 2.51. The van der Waals surface area contributed by atoms with Crippen LogP contribution in [0.2, 0.25) is 0 Å². The lowest BCUT2D eigenvalue weighted by Gasteiger charge is -2.56. The fraction of sp³-hybridized carbons (Fsp3) is 0.452. The third-order valence-corrected chi connectivity index (χ3v) is 9.37. The van der Waals surface area contributed by atoms with Gasteiger partial charge in [0.15, 0.2) is 5.65 Å². The molecule has 1 spiro atoms. The van der Waals surface area contributed by atoms with Gasteiger partial charge in [-0.2, -0.15) is 5.10 Å². The summed E-state index contributed by atoms with van der Waals surface area (Å²) in [6.07, 6.45) is 9.23. The van der Waals surface area contributed by atoms with E-state index in [1.54, 1.807) is 6.33 Å². The minimum atomic E-state index is 0.310. The number of anilines is 1. The highest BCUT2D eigenvalue weighted by atomic mass is 16.5. The van der Waals surface area contributed by atoms with Crippen molar-refractivity contribution in [3.8, 4) is 22.8 Å². The van der Waals surface area contributed by atoms with Crippen LogP contribution in [0, 0.1) is 5.41 Å². The van der Waals surface area contributed by atoms with Crippen molar-refractivity contribution in [2.24, 2.45) is 5.41 Å². The van der Waals surface area contributed by atoms with Gasteiger partial charge in [-0.1, -0.05) is 18.2 Å². The van der Waals surface area contributed by atoms with Crippen molar-refractivity contribution in [2.75, 3.05) is 39.0 Å². The molecule has 4 aromatic rings. The second kappa shape index (κ2) is 9.92. The number of para-hydroxylation sites is 1. The lowest BCUT2D eigenvalue weighted by atomic mass is 9.60. The third-order valence-electron chi connectivity index (χ3n) is 9.37. The Kier molecular flexibility index (Phi) is 6.24. The number of nitrogen functional groups attached to an aromatic ring is 1. The number of nitrogens with two attached hydrogens (primary N) is 1. The molecule has 3 aliphatic rings. The summed E-state index contributed by atoms with van der Waals surface area (Å²) in [6.45, 7) is 4.76. The van der Waals surface area contributed by atoms with E-state index >= 15 is 0 Å².